The molecule has 0 aliphatic heterocycles. The number of halogens is 1. The van der Waals surface area contributed by atoms with Crippen molar-refractivity contribution in [2.24, 2.45) is 0 Å². The summed E-state index contributed by atoms with van der Waals surface area (Å²) >= 11 is 1.91. The number of nitrogens with zero attached hydrogens (tertiary/aromatic N) is 2. The van der Waals surface area contributed by atoms with Gasteiger partial charge in [-0.3, -0.25) is 0 Å². The van der Waals surface area contributed by atoms with Gasteiger partial charge in [-0.15, -0.1) is 11.3 Å². The van der Waals surface area contributed by atoms with E-state index in [9.17, 15) is 4.39 Å². The Morgan fingerprint density at radius 3 is 1.72 bits per heavy atom. The molecule has 0 bridgehead atoms. The van der Waals surface area contributed by atoms with Gasteiger partial charge in [0.25, 0.3) is 0 Å². The lowest BCUT2D eigenvalue weighted by molar-refractivity contribution is 0.627. The second-order valence-corrected chi connectivity index (χ2v) is 16.0. The van der Waals surface area contributed by atoms with Crippen LogP contribution in [0.4, 0.5) is 21.5 Å². The van der Waals surface area contributed by atoms with E-state index in [-0.39, 0.29) is 5.82 Å². The van der Waals surface area contributed by atoms with Crippen LogP contribution in [0.1, 0.15) is 22.4 Å². The maximum absolute atomic E-state index is 13.9. The SMILES string of the molecule is Fc1ccc(-n2c3ccccc3c3cc(-c4ccc(N(c5ccc(C6=CCCc7c6sc6ccccc76)cc5)c5ccc(-c6ccccc6)cc5)cc4)ccc32)cc1. The molecule has 8 aromatic carbocycles. The average molecular weight is 765 g/mol. The van der Waals surface area contributed by atoms with Crippen molar-refractivity contribution in [1.29, 1.82) is 0 Å². The van der Waals surface area contributed by atoms with Crippen LogP contribution in [0.15, 0.2) is 200 Å². The van der Waals surface area contributed by atoms with Crippen molar-refractivity contribution in [3.63, 3.8) is 0 Å². The summed E-state index contributed by atoms with van der Waals surface area (Å²) in [4.78, 5) is 3.75. The quantitative estimate of drug-likeness (QED) is 0.157. The first kappa shape index (κ1) is 34.3. The molecule has 0 radical (unpaired) electrons. The molecule has 11 rings (SSSR count). The summed E-state index contributed by atoms with van der Waals surface area (Å²) in [5.41, 5.74) is 15.2. The zero-order valence-electron chi connectivity index (χ0n) is 31.6. The van der Waals surface area contributed by atoms with Crippen molar-refractivity contribution < 1.29 is 4.39 Å². The summed E-state index contributed by atoms with van der Waals surface area (Å²) in [5, 5.41) is 3.73. The van der Waals surface area contributed by atoms with Gasteiger partial charge in [0, 0.05) is 43.1 Å². The van der Waals surface area contributed by atoms with E-state index >= 15 is 0 Å². The summed E-state index contributed by atoms with van der Waals surface area (Å²) in [7, 11) is 0. The zero-order valence-corrected chi connectivity index (χ0v) is 32.5. The summed E-state index contributed by atoms with van der Waals surface area (Å²) in [6.07, 6.45) is 4.57. The lowest BCUT2D eigenvalue weighted by atomic mass is 9.91. The van der Waals surface area contributed by atoms with E-state index in [1.54, 1.807) is 0 Å². The van der Waals surface area contributed by atoms with Crippen LogP contribution in [0.3, 0.4) is 0 Å². The van der Waals surface area contributed by atoms with Crippen molar-refractivity contribution in [1.82, 2.24) is 4.57 Å². The van der Waals surface area contributed by atoms with Crippen LogP contribution in [0.2, 0.25) is 0 Å². The predicted octanol–water partition coefficient (Wildman–Crippen LogP) is 15.3. The van der Waals surface area contributed by atoms with Gasteiger partial charge in [-0.2, -0.15) is 0 Å². The maximum atomic E-state index is 13.9. The van der Waals surface area contributed by atoms with Crippen molar-refractivity contribution >= 4 is 65.9 Å². The highest BCUT2D eigenvalue weighted by Crippen LogP contribution is 2.44. The number of rotatable bonds is 7. The molecule has 276 valence electrons. The van der Waals surface area contributed by atoms with Crippen LogP contribution >= 0.6 is 11.3 Å². The standard InChI is InChI=1S/C54H37FN2S/c55-41-24-32-45(33-25-41)57-51-15-6-4-11-47(51)50-35-40(23-34-52(50)57)38-19-28-43(29-20-38)56(42-26-17-37(18-27-42)36-9-2-1-3-10-36)44-30-21-39(22-31-44)46-13-8-14-49-48-12-5-7-16-53(48)58-54(46)49/h1-7,9-13,15-35H,8,14H2. The third kappa shape index (κ3) is 5.93. The number of hydrogen-bond acceptors (Lipinski definition) is 2. The average Bonchev–Trinajstić information content (AvgIpc) is 3.84. The lowest BCUT2D eigenvalue weighted by Crippen LogP contribution is -2.10. The van der Waals surface area contributed by atoms with E-state index in [0.717, 1.165) is 63.1 Å². The van der Waals surface area contributed by atoms with Crippen LogP contribution in [0, 0.1) is 5.82 Å². The molecular weight excluding hydrogens is 728 g/mol. The fraction of sp³-hybridized carbons (Fsp3) is 0.0370. The summed E-state index contributed by atoms with van der Waals surface area (Å²) in [6.45, 7) is 0. The van der Waals surface area contributed by atoms with Crippen LogP contribution in [-0.2, 0) is 6.42 Å². The van der Waals surface area contributed by atoms with Crippen molar-refractivity contribution in [3.05, 3.63) is 222 Å². The topological polar surface area (TPSA) is 8.17 Å². The minimum Gasteiger partial charge on any atom is -0.311 e. The van der Waals surface area contributed by atoms with E-state index in [4.69, 9.17) is 0 Å². The maximum Gasteiger partial charge on any atom is 0.123 e. The van der Waals surface area contributed by atoms with Gasteiger partial charge in [-0.25, -0.2) is 4.39 Å². The van der Waals surface area contributed by atoms with Gasteiger partial charge >= 0.3 is 0 Å². The molecule has 0 saturated carbocycles. The largest absolute Gasteiger partial charge is 0.311 e. The van der Waals surface area contributed by atoms with E-state index in [2.05, 4.69) is 185 Å². The third-order valence-electron chi connectivity index (χ3n) is 11.6. The highest BCUT2D eigenvalue weighted by molar-refractivity contribution is 7.20. The van der Waals surface area contributed by atoms with Crippen LogP contribution in [0.25, 0.3) is 65.4 Å². The number of benzene rings is 8. The molecular formula is C54H37FN2S. The van der Waals surface area contributed by atoms with Gasteiger partial charge in [-0.05, 0) is 142 Å². The van der Waals surface area contributed by atoms with E-state index in [1.807, 2.05) is 23.5 Å². The van der Waals surface area contributed by atoms with Gasteiger partial charge in [0.2, 0.25) is 0 Å². The Labute approximate surface area is 341 Å². The lowest BCUT2D eigenvalue weighted by Gasteiger charge is -2.26. The molecule has 10 aromatic rings. The minimum absolute atomic E-state index is 0.238. The molecule has 0 spiro atoms. The fourth-order valence-corrected chi connectivity index (χ4v) is 10.1. The van der Waals surface area contributed by atoms with Gasteiger partial charge in [0.15, 0.2) is 0 Å². The molecule has 0 atom stereocenters. The molecule has 0 unspecified atom stereocenters. The van der Waals surface area contributed by atoms with Gasteiger partial charge in [0.1, 0.15) is 5.82 Å². The number of thiophene rings is 1. The number of anilines is 3. The Kier molecular flexibility index (Phi) is 8.37. The first-order chi connectivity index (χ1) is 28.7. The number of allylic oxidation sites excluding steroid dienone is 1. The molecule has 58 heavy (non-hydrogen) atoms. The van der Waals surface area contributed by atoms with E-state index in [0.29, 0.717) is 0 Å². The van der Waals surface area contributed by atoms with Gasteiger partial charge < -0.3 is 9.47 Å². The smallest absolute Gasteiger partial charge is 0.123 e. The van der Waals surface area contributed by atoms with Crippen LogP contribution in [0.5, 0.6) is 0 Å². The Hall–Kier alpha value is -7.01. The molecule has 2 heterocycles. The van der Waals surface area contributed by atoms with Crippen LogP contribution < -0.4 is 4.90 Å². The Bertz CT molecular complexity index is 3140. The number of hydrogen-bond donors (Lipinski definition) is 0. The van der Waals surface area contributed by atoms with Crippen molar-refractivity contribution in [3.8, 4) is 27.9 Å². The normalized spacial score (nSPS) is 12.5. The summed E-state index contributed by atoms with van der Waals surface area (Å²) in [5.74, 6) is -0.238. The first-order valence-electron chi connectivity index (χ1n) is 19.8. The predicted molar refractivity (Wildman–Crippen MR) is 244 cm³/mol. The van der Waals surface area contributed by atoms with E-state index < -0.39 is 0 Å². The second kappa shape index (κ2) is 14.2. The highest BCUT2D eigenvalue weighted by Gasteiger charge is 2.21. The van der Waals surface area contributed by atoms with Crippen molar-refractivity contribution in [2.75, 3.05) is 4.90 Å². The molecule has 1 aliphatic rings. The zero-order chi connectivity index (χ0) is 38.6. The monoisotopic (exact) mass is 764 g/mol. The minimum atomic E-state index is -0.238. The van der Waals surface area contributed by atoms with Crippen molar-refractivity contribution in [2.45, 2.75) is 12.8 Å². The molecule has 2 aromatic heterocycles. The molecule has 0 fully saturated rings. The molecule has 4 heteroatoms. The summed E-state index contributed by atoms with van der Waals surface area (Å²) in [6, 6.07) is 68.1. The number of fused-ring (bicyclic) bond motifs is 6. The third-order valence-corrected chi connectivity index (χ3v) is 12.8. The Morgan fingerprint density at radius 2 is 1.02 bits per heavy atom. The van der Waals surface area contributed by atoms with Gasteiger partial charge in [-0.1, -0.05) is 115 Å². The number of aryl methyl sites for hydroxylation is 1. The van der Waals surface area contributed by atoms with E-state index in [1.165, 1.54) is 60.3 Å². The Balaban J connectivity index is 0.966. The second-order valence-electron chi connectivity index (χ2n) is 15.0. The highest BCUT2D eigenvalue weighted by atomic mass is 32.1. The molecule has 1 aliphatic carbocycles. The number of aromatic nitrogens is 1. The number of para-hydroxylation sites is 1. The van der Waals surface area contributed by atoms with Gasteiger partial charge in [0.05, 0.1) is 11.0 Å². The summed E-state index contributed by atoms with van der Waals surface area (Å²) < 4.78 is 17.5. The Morgan fingerprint density at radius 1 is 0.466 bits per heavy atom. The molecule has 0 saturated heterocycles. The fourth-order valence-electron chi connectivity index (χ4n) is 8.76. The van der Waals surface area contributed by atoms with Crippen LogP contribution in [-0.4, -0.2) is 4.57 Å². The molecule has 0 amide bonds. The molecule has 2 nitrogen and oxygen atoms in total. The first-order valence-corrected chi connectivity index (χ1v) is 20.6. The molecule has 0 N–H and O–H groups in total.